The van der Waals surface area contributed by atoms with E-state index in [4.69, 9.17) is 0 Å². The molecule has 9 nitrogen and oxygen atoms in total. The molecule has 140 valence electrons. The molecule has 0 aromatic heterocycles. The predicted molar refractivity (Wildman–Crippen MR) is 96.1 cm³/mol. The Hall–Kier alpha value is -2.50. The molecule has 0 aliphatic carbocycles. The molecule has 0 spiro atoms. The summed E-state index contributed by atoms with van der Waals surface area (Å²) in [4.78, 5) is 10.1. The Labute approximate surface area is 151 Å². The Morgan fingerprint density at radius 1 is 0.962 bits per heavy atom. The van der Waals surface area contributed by atoms with Crippen molar-refractivity contribution in [2.45, 2.75) is 23.6 Å². The Bertz CT molecular complexity index is 1060. The summed E-state index contributed by atoms with van der Waals surface area (Å²) in [5, 5.41) is 11.0. The van der Waals surface area contributed by atoms with Crippen LogP contribution in [0.15, 0.2) is 46.2 Å². The summed E-state index contributed by atoms with van der Waals surface area (Å²) < 4.78 is 53.1. The maximum absolute atomic E-state index is 12.6. The number of nitro groups is 1. The normalized spacial score (nSPS) is 12.0. The highest BCUT2D eigenvalue weighted by molar-refractivity contribution is 7.92. The molecule has 2 N–H and O–H groups in total. The number of nitrogens with zero attached hydrogens (tertiary/aromatic N) is 1. The molecular formula is C15H17N3O6S2. The third-order valence-corrected chi connectivity index (χ3v) is 6.73. The minimum absolute atomic E-state index is 0.0229. The van der Waals surface area contributed by atoms with Crippen molar-refractivity contribution in [3.8, 4) is 0 Å². The van der Waals surface area contributed by atoms with Crippen LogP contribution in [0.4, 0.5) is 11.4 Å². The number of rotatable bonds is 6. The van der Waals surface area contributed by atoms with Gasteiger partial charge in [0.1, 0.15) is 0 Å². The summed E-state index contributed by atoms with van der Waals surface area (Å²) in [7, 11) is -6.47. The van der Waals surface area contributed by atoms with E-state index in [1.165, 1.54) is 37.4 Å². The van der Waals surface area contributed by atoms with Crippen LogP contribution in [-0.2, 0) is 20.0 Å². The number of benzene rings is 2. The third-order valence-electron chi connectivity index (χ3n) is 3.79. The van der Waals surface area contributed by atoms with E-state index in [9.17, 15) is 26.9 Å². The van der Waals surface area contributed by atoms with Gasteiger partial charge in [-0.15, -0.1) is 0 Å². The standard InChI is InChI=1S/C15H17N3O6S2/c1-10-8-13(18(19)20)9-15(11(10)2)26(23,24)17-12-4-6-14(7-5-12)25(21,22)16-3/h4-9,16-17H,1-3H3. The Balaban J connectivity index is 2.42. The molecule has 0 radical (unpaired) electrons. The largest absolute Gasteiger partial charge is 0.280 e. The summed E-state index contributed by atoms with van der Waals surface area (Å²) in [5.41, 5.74) is 0.653. The van der Waals surface area contributed by atoms with E-state index >= 15 is 0 Å². The number of sulfonamides is 2. The molecular weight excluding hydrogens is 382 g/mol. The van der Waals surface area contributed by atoms with E-state index < -0.39 is 25.0 Å². The Kier molecular flexibility index (Phi) is 5.35. The van der Waals surface area contributed by atoms with Gasteiger partial charge in [-0.05, 0) is 56.3 Å². The van der Waals surface area contributed by atoms with Gasteiger partial charge in [-0.3, -0.25) is 14.8 Å². The average molecular weight is 399 g/mol. The van der Waals surface area contributed by atoms with E-state index in [0.29, 0.717) is 11.1 Å². The number of nitro benzene ring substituents is 1. The van der Waals surface area contributed by atoms with E-state index in [-0.39, 0.29) is 21.2 Å². The van der Waals surface area contributed by atoms with Gasteiger partial charge in [-0.25, -0.2) is 21.6 Å². The highest BCUT2D eigenvalue weighted by atomic mass is 32.2. The first-order chi connectivity index (χ1) is 12.0. The molecule has 0 aliphatic heterocycles. The second kappa shape index (κ2) is 7.02. The summed E-state index contributed by atoms with van der Waals surface area (Å²) in [5.74, 6) is 0. The summed E-state index contributed by atoms with van der Waals surface area (Å²) in [6.45, 7) is 3.13. The van der Waals surface area contributed by atoms with Gasteiger partial charge in [0.25, 0.3) is 15.7 Å². The quantitative estimate of drug-likeness (QED) is 0.563. The predicted octanol–water partition coefficient (Wildman–Crippen LogP) is 1.92. The van der Waals surface area contributed by atoms with Gasteiger partial charge in [0.15, 0.2) is 0 Å². The molecule has 2 rings (SSSR count). The first-order valence-corrected chi connectivity index (χ1v) is 10.3. The summed E-state index contributed by atoms with van der Waals surface area (Å²) in [6.07, 6.45) is 0. The minimum atomic E-state index is -4.10. The van der Waals surface area contributed by atoms with Crippen molar-refractivity contribution in [2.24, 2.45) is 0 Å². The van der Waals surface area contributed by atoms with Crippen molar-refractivity contribution in [1.29, 1.82) is 0 Å². The fraction of sp³-hybridized carbons (Fsp3) is 0.200. The number of anilines is 1. The number of non-ortho nitro benzene ring substituents is 1. The van der Waals surface area contributed by atoms with Crippen LogP contribution in [0.2, 0.25) is 0 Å². The lowest BCUT2D eigenvalue weighted by atomic mass is 10.1. The van der Waals surface area contributed by atoms with Crippen molar-refractivity contribution < 1.29 is 21.8 Å². The second-order valence-electron chi connectivity index (χ2n) is 5.48. The van der Waals surface area contributed by atoms with Crippen molar-refractivity contribution in [3.63, 3.8) is 0 Å². The highest BCUT2D eigenvalue weighted by Gasteiger charge is 2.22. The topological polar surface area (TPSA) is 135 Å². The first-order valence-electron chi connectivity index (χ1n) is 7.30. The lowest BCUT2D eigenvalue weighted by molar-refractivity contribution is -0.385. The van der Waals surface area contributed by atoms with Gasteiger partial charge in [0, 0.05) is 17.8 Å². The molecule has 2 aromatic rings. The Morgan fingerprint density at radius 3 is 2.04 bits per heavy atom. The fourth-order valence-corrected chi connectivity index (χ4v) is 4.35. The molecule has 2 aromatic carbocycles. The van der Waals surface area contributed by atoms with Crippen LogP contribution in [0, 0.1) is 24.0 Å². The van der Waals surface area contributed by atoms with Crippen LogP contribution in [0.1, 0.15) is 11.1 Å². The minimum Gasteiger partial charge on any atom is -0.280 e. The van der Waals surface area contributed by atoms with Gasteiger partial charge >= 0.3 is 0 Å². The highest BCUT2D eigenvalue weighted by Crippen LogP contribution is 2.27. The molecule has 0 saturated carbocycles. The van der Waals surface area contributed by atoms with Gasteiger partial charge < -0.3 is 0 Å². The van der Waals surface area contributed by atoms with Crippen molar-refractivity contribution >= 4 is 31.4 Å². The number of hydrogen-bond acceptors (Lipinski definition) is 6. The van der Waals surface area contributed by atoms with E-state index in [1.54, 1.807) is 13.8 Å². The van der Waals surface area contributed by atoms with E-state index in [2.05, 4.69) is 9.44 Å². The molecule has 0 heterocycles. The molecule has 0 fully saturated rings. The van der Waals surface area contributed by atoms with Gasteiger partial charge in [-0.1, -0.05) is 0 Å². The van der Waals surface area contributed by atoms with Crippen molar-refractivity contribution in [3.05, 3.63) is 57.6 Å². The summed E-state index contributed by atoms with van der Waals surface area (Å²) >= 11 is 0. The fourth-order valence-electron chi connectivity index (χ4n) is 2.22. The van der Waals surface area contributed by atoms with Crippen molar-refractivity contribution in [1.82, 2.24) is 4.72 Å². The van der Waals surface area contributed by atoms with Crippen LogP contribution >= 0.6 is 0 Å². The molecule has 0 amide bonds. The third kappa shape index (κ3) is 4.00. The van der Waals surface area contributed by atoms with Crippen LogP contribution in [0.25, 0.3) is 0 Å². The molecule has 11 heteroatoms. The lowest BCUT2D eigenvalue weighted by Crippen LogP contribution is -2.19. The average Bonchev–Trinajstić information content (AvgIpc) is 2.56. The van der Waals surface area contributed by atoms with E-state index in [0.717, 1.165) is 6.07 Å². The second-order valence-corrected chi connectivity index (χ2v) is 9.02. The molecule has 0 saturated heterocycles. The van der Waals surface area contributed by atoms with Gasteiger partial charge in [-0.2, -0.15) is 0 Å². The molecule has 0 aliphatic rings. The maximum atomic E-state index is 12.6. The molecule has 0 atom stereocenters. The number of hydrogen-bond donors (Lipinski definition) is 2. The zero-order valence-electron chi connectivity index (χ0n) is 14.2. The monoisotopic (exact) mass is 399 g/mol. The van der Waals surface area contributed by atoms with E-state index in [1.807, 2.05) is 0 Å². The number of aryl methyl sites for hydroxylation is 1. The SMILES string of the molecule is CNS(=O)(=O)c1ccc(NS(=O)(=O)c2cc([N+](=O)[O-])cc(C)c2C)cc1. The maximum Gasteiger partial charge on any atom is 0.271 e. The zero-order valence-corrected chi connectivity index (χ0v) is 15.8. The van der Waals surface area contributed by atoms with Crippen LogP contribution in [0.5, 0.6) is 0 Å². The van der Waals surface area contributed by atoms with Crippen LogP contribution in [-0.4, -0.2) is 28.8 Å². The molecule has 0 unspecified atom stereocenters. The first kappa shape index (κ1) is 19.8. The van der Waals surface area contributed by atoms with Crippen LogP contribution in [0.3, 0.4) is 0 Å². The van der Waals surface area contributed by atoms with Gasteiger partial charge in [0.2, 0.25) is 10.0 Å². The molecule has 0 bridgehead atoms. The Morgan fingerprint density at radius 2 is 1.54 bits per heavy atom. The summed E-state index contributed by atoms with van der Waals surface area (Å²) in [6, 6.07) is 7.36. The lowest BCUT2D eigenvalue weighted by Gasteiger charge is -2.12. The smallest absolute Gasteiger partial charge is 0.271 e. The molecule has 26 heavy (non-hydrogen) atoms. The van der Waals surface area contributed by atoms with Gasteiger partial charge in [0.05, 0.1) is 14.7 Å². The van der Waals surface area contributed by atoms with Crippen LogP contribution < -0.4 is 9.44 Å². The van der Waals surface area contributed by atoms with Crippen molar-refractivity contribution in [2.75, 3.05) is 11.8 Å². The zero-order chi connectivity index (χ0) is 19.7. The number of nitrogens with one attached hydrogen (secondary N) is 2.